The summed E-state index contributed by atoms with van der Waals surface area (Å²) < 4.78 is 11.3. The number of carbonyl (C=O) groups excluding carboxylic acids is 1. The van der Waals surface area contributed by atoms with Crippen LogP contribution in [0.4, 0.5) is 0 Å². The quantitative estimate of drug-likeness (QED) is 0.334. The summed E-state index contributed by atoms with van der Waals surface area (Å²) >= 11 is 12.2. The second-order valence-electron chi connectivity index (χ2n) is 8.70. The van der Waals surface area contributed by atoms with E-state index in [2.05, 4.69) is 27.3 Å². The van der Waals surface area contributed by atoms with Crippen molar-refractivity contribution in [2.75, 3.05) is 30.7 Å². The van der Waals surface area contributed by atoms with E-state index in [1.54, 1.807) is 18.2 Å². The van der Waals surface area contributed by atoms with Crippen molar-refractivity contribution in [1.29, 1.82) is 0 Å². The standard InChI is InChI=1S/C24H25Cl2IN5O2/c1-24(30-23(33)20-16(25)3-2-4-17(20)26)7-8-27-31-21(24)22-28-18-6-5-15(13-19(18)29-22)14-32-9-11-34-12-10-32/h2-6,13H,7-12,14H2,1H3,(H,28,29)(H,30,33)/q-1. The first-order valence-corrected chi connectivity index (χ1v) is 14.4. The molecule has 2 aromatic carbocycles. The molecule has 0 aliphatic carbocycles. The van der Waals surface area contributed by atoms with E-state index in [0.717, 1.165) is 60.4 Å². The number of fused-ring (bicyclic) bond motifs is 1. The van der Waals surface area contributed by atoms with Gasteiger partial charge < -0.3 is 0 Å². The van der Waals surface area contributed by atoms with Gasteiger partial charge in [0, 0.05) is 0 Å². The molecule has 1 fully saturated rings. The second kappa shape index (κ2) is 10.1. The number of aromatic nitrogens is 2. The summed E-state index contributed by atoms with van der Waals surface area (Å²) in [5.74, 6) is 0.390. The third kappa shape index (κ3) is 4.97. The number of aromatic amines is 1. The molecular formula is C24H25Cl2IN5O2-. The van der Waals surface area contributed by atoms with Crippen LogP contribution in [0, 0.1) is 0 Å². The minimum absolute atomic E-state index is 0.282. The molecule has 34 heavy (non-hydrogen) atoms. The maximum absolute atomic E-state index is 13.2. The van der Waals surface area contributed by atoms with E-state index >= 15 is 0 Å². The Morgan fingerprint density at radius 1 is 1.24 bits per heavy atom. The number of amides is 1. The molecule has 180 valence electrons. The number of halogens is 3. The molecule has 2 aliphatic rings. The number of nitrogens with zero attached hydrogens (tertiary/aromatic N) is 3. The van der Waals surface area contributed by atoms with Gasteiger partial charge in [-0.1, -0.05) is 0 Å². The zero-order chi connectivity index (χ0) is 23.7. The fraction of sp³-hybridized carbons (Fsp3) is 0.375. The second-order valence-corrected chi connectivity index (χ2v) is 11.8. The molecule has 2 N–H and O–H groups in total. The van der Waals surface area contributed by atoms with Gasteiger partial charge in [0.1, 0.15) is 0 Å². The number of hydrogen-bond donors (Lipinski definition) is 2. The van der Waals surface area contributed by atoms with Crippen molar-refractivity contribution < 1.29 is 31.0 Å². The summed E-state index contributed by atoms with van der Waals surface area (Å²) in [6, 6.07) is 11.4. The fourth-order valence-corrected chi connectivity index (χ4v) is 7.51. The SMILES string of the molecule is CC1(NC(=O)c2c(Cl)cccc2Cl)CC[I-]N=C1c1nc2ccc(CN3CCOCC3)cc2[nH]1. The Kier molecular flexibility index (Phi) is 7.13. The number of nitrogens with one attached hydrogen (secondary N) is 2. The third-order valence-electron chi connectivity index (χ3n) is 6.21. The number of alkyl halides is 1. The maximum atomic E-state index is 13.2. The molecule has 1 amide bonds. The first-order valence-electron chi connectivity index (χ1n) is 11.2. The molecule has 0 saturated carbocycles. The number of imidazole rings is 1. The van der Waals surface area contributed by atoms with E-state index < -0.39 is 5.54 Å². The van der Waals surface area contributed by atoms with Crippen LogP contribution < -0.4 is 26.8 Å². The molecule has 1 saturated heterocycles. The van der Waals surface area contributed by atoms with Crippen molar-refractivity contribution in [1.82, 2.24) is 20.2 Å². The van der Waals surface area contributed by atoms with Gasteiger partial charge in [-0.15, -0.1) is 0 Å². The molecule has 0 bridgehead atoms. The summed E-state index contributed by atoms with van der Waals surface area (Å²) in [5.41, 5.74) is 3.47. The number of rotatable bonds is 5. The van der Waals surface area contributed by atoms with E-state index in [9.17, 15) is 4.79 Å². The van der Waals surface area contributed by atoms with Gasteiger partial charge >= 0.3 is 220 Å². The molecule has 5 rings (SSSR count). The Hall–Kier alpha value is -1.72. The molecule has 3 aromatic rings. The predicted octanol–water partition coefficient (Wildman–Crippen LogP) is 1.09. The minimum atomic E-state index is -0.679. The summed E-state index contributed by atoms with van der Waals surface area (Å²) in [7, 11) is 0. The zero-order valence-electron chi connectivity index (χ0n) is 18.7. The van der Waals surface area contributed by atoms with Crippen molar-refractivity contribution in [2.45, 2.75) is 25.4 Å². The van der Waals surface area contributed by atoms with Gasteiger partial charge in [0.15, 0.2) is 0 Å². The Morgan fingerprint density at radius 3 is 2.76 bits per heavy atom. The van der Waals surface area contributed by atoms with Crippen LogP contribution in [0.3, 0.4) is 0 Å². The Balaban J connectivity index is 1.41. The van der Waals surface area contributed by atoms with Crippen LogP contribution in [-0.2, 0) is 11.3 Å². The summed E-state index contributed by atoms with van der Waals surface area (Å²) in [6.45, 7) is 6.33. The van der Waals surface area contributed by atoms with E-state index in [1.807, 2.05) is 13.0 Å². The van der Waals surface area contributed by atoms with Gasteiger partial charge in [0.2, 0.25) is 0 Å². The fourth-order valence-electron chi connectivity index (χ4n) is 4.28. The average molecular weight is 613 g/mol. The van der Waals surface area contributed by atoms with Crippen LogP contribution in [0.25, 0.3) is 11.0 Å². The number of ether oxygens (including phenoxy) is 1. The van der Waals surface area contributed by atoms with Gasteiger partial charge in [-0.2, -0.15) is 0 Å². The van der Waals surface area contributed by atoms with Crippen molar-refractivity contribution in [3.05, 3.63) is 63.4 Å². The van der Waals surface area contributed by atoms with Gasteiger partial charge in [0.05, 0.1) is 0 Å². The van der Waals surface area contributed by atoms with E-state index in [1.165, 1.54) is 5.56 Å². The topological polar surface area (TPSA) is 82.6 Å². The molecule has 1 unspecified atom stereocenters. The van der Waals surface area contributed by atoms with Crippen LogP contribution in [0.2, 0.25) is 10.0 Å². The molecule has 3 heterocycles. The van der Waals surface area contributed by atoms with Gasteiger partial charge in [-0.3, -0.25) is 0 Å². The van der Waals surface area contributed by atoms with E-state index in [4.69, 9.17) is 36.1 Å². The van der Waals surface area contributed by atoms with Crippen molar-refractivity contribution in [2.24, 2.45) is 3.21 Å². The number of morpholine rings is 1. The Morgan fingerprint density at radius 2 is 2.00 bits per heavy atom. The molecule has 0 radical (unpaired) electrons. The van der Waals surface area contributed by atoms with Crippen LogP contribution in [-0.4, -0.2) is 62.8 Å². The van der Waals surface area contributed by atoms with Gasteiger partial charge in [-0.25, -0.2) is 0 Å². The zero-order valence-corrected chi connectivity index (χ0v) is 22.4. The normalized spacial score (nSPS) is 21.7. The number of hydrogen-bond acceptors (Lipinski definition) is 5. The van der Waals surface area contributed by atoms with Crippen LogP contribution >= 0.6 is 23.2 Å². The molecule has 1 aromatic heterocycles. The Labute approximate surface area is 218 Å². The summed E-state index contributed by atoms with van der Waals surface area (Å²) in [5, 5.41) is 3.80. The average Bonchev–Trinajstić information content (AvgIpc) is 3.22. The summed E-state index contributed by atoms with van der Waals surface area (Å²) in [4.78, 5) is 23.9. The van der Waals surface area contributed by atoms with E-state index in [-0.39, 0.29) is 32.9 Å². The van der Waals surface area contributed by atoms with Crippen LogP contribution in [0.5, 0.6) is 0 Å². The molecule has 1 atom stereocenters. The predicted molar refractivity (Wildman–Crippen MR) is 131 cm³/mol. The van der Waals surface area contributed by atoms with Crippen molar-refractivity contribution >= 4 is 45.9 Å². The van der Waals surface area contributed by atoms with Crippen LogP contribution in [0.15, 0.2) is 39.6 Å². The number of benzene rings is 2. The number of H-pyrrole nitrogens is 1. The number of carbonyl (C=O) groups is 1. The van der Waals surface area contributed by atoms with Crippen LogP contribution in [0.1, 0.15) is 35.1 Å². The molecule has 7 nitrogen and oxygen atoms in total. The molecular weight excluding hydrogens is 588 g/mol. The monoisotopic (exact) mass is 612 g/mol. The molecule has 2 aliphatic heterocycles. The van der Waals surface area contributed by atoms with Gasteiger partial charge in [0.25, 0.3) is 0 Å². The van der Waals surface area contributed by atoms with Crippen molar-refractivity contribution in [3.8, 4) is 0 Å². The first kappa shape index (κ1) is 24.0. The third-order valence-corrected chi connectivity index (χ3v) is 8.68. The van der Waals surface area contributed by atoms with E-state index in [0.29, 0.717) is 15.9 Å². The first-order chi connectivity index (χ1) is 16.4. The Bertz CT molecular complexity index is 1240. The van der Waals surface area contributed by atoms with Crippen molar-refractivity contribution in [3.63, 3.8) is 0 Å². The van der Waals surface area contributed by atoms with Gasteiger partial charge in [-0.05, 0) is 0 Å². The molecule has 10 heteroatoms. The summed E-state index contributed by atoms with van der Waals surface area (Å²) in [6.07, 6.45) is 0.784. The molecule has 0 spiro atoms.